The lowest BCUT2D eigenvalue weighted by Crippen LogP contribution is -2.59. The molecule has 260 valence electrons. The predicted octanol–water partition coefficient (Wildman–Crippen LogP) is 0.345. The fourth-order valence-electron chi connectivity index (χ4n) is 5.50. The number of carbonyl (C=O) groups is 5. The summed E-state index contributed by atoms with van der Waals surface area (Å²) in [6.45, 7) is 6.92. The molecule has 4 rings (SSSR count). The Labute approximate surface area is 285 Å². The molecule has 11 N–H and O–H groups in total. The van der Waals surface area contributed by atoms with Gasteiger partial charge in [0.1, 0.15) is 41.7 Å². The van der Waals surface area contributed by atoms with Crippen molar-refractivity contribution in [2.75, 3.05) is 6.54 Å². The number of rotatable bonds is 12. The summed E-state index contributed by atoms with van der Waals surface area (Å²) in [5.41, 5.74) is 6.82. The molecule has 2 saturated heterocycles. The summed E-state index contributed by atoms with van der Waals surface area (Å²) >= 11 is 2.46. The van der Waals surface area contributed by atoms with Crippen molar-refractivity contribution in [3.05, 3.63) is 59.7 Å². The zero-order chi connectivity index (χ0) is 35.6. The molecule has 15 nitrogen and oxygen atoms in total. The maximum atomic E-state index is 14.1. The second kappa shape index (κ2) is 14.6. The van der Waals surface area contributed by atoms with Crippen molar-refractivity contribution in [2.24, 2.45) is 5.73 Å². The van der Waals surface area contributed by atoms with Gasteiger partial charge in [-0.1, -0.05) is 24.3 Å². The van der Waals surface area contributed by atoms with Crippen LogP contribution in [0.15, 0.2) is 48.5 Å². The Kier molecular flexibility index (Phi) is 11.2. The van der Waals surface area contributed by atoms with Gasteiger partial charge in [-0.2, -0.15) is 0 Å². The normalized spacial score (nSPS) is 24.5. The van der Waals surface area contributed by atoms with Crippen LogP contribution in [-0.4, -0.2) is 95.0 Å². The molecule has 2 heterocycles. The Morgan fingerprint density at radius 1 is 0.750 bits per heavy atom. The highest BCUT2D eigenvalue weighted by atomic mass is 32.2. The number of carboxylic acids is 2. The van der Waals surface area contributed by atoms with Gasteiger partial charge in [0.25, 0.3) is 0 Å². The number of hydrogen-bond donors (Lipinski definition) is 10. The summed E-state index contributed by atoms with van der Waals surface area (Å²) in [5, 5.41) is 51.4. The molecule has 2 fully saturated rings. The van der Waals surface area contributed by atoms with Gasteiger partial charge in [0.15, 0.2) is 0 Å². The molecule has 2 aromatic rings. The molecule has 0 aliphatic carbocycles. The number of aliphatic carboxylic acids is 2. The van der Waals surface area contributed by atoms with Gasteiger partial charge in [-0.15, -0.1) is 23.5 Å². The molecule has 17 heteroatoms. The van der Waals surface area contributed by atoms with E-state index in [0.717, 1.165) is 11.8 Å². The molecular weight excluding hydrogens is 665 g/mol. The van der Waals surface area contributed by atoms with Gasteiger partial charge < -0.3 is 42.1 Å². The smallest absolute Gasteiger partial charge is 0.322 e. The van der Waals surface area contributed by atoms with E-state index in [9.17, 15) is 44.4 Å². The summed E-state index contributed by atoms with van der Waals surface area (Å²) < 4.78 is -1.56. The number of benzene rings is 2. The lowest BCUT2D eigenvalue weighted by Gasteiger charge is -2.28. The van der Waals surface area contributed by atoms with E-state index in [-0.39, 0.29) is 23.6 Å². The summed E-state index contributed by atoms with van der Waals surface area (Å²) in [6, 6.07) is 5.17. The fraction of sp³-hybridized carbons (Fsp3) is 0.452. The fourth-order valence-corrected chi connectivity index (χ4v) is 8.40. The predicted molar refractivity (Wildman–Crippen MR) is 179 cm³/mol. The topological polar surface area (TPSA) is 252 Å². The number of amides is 3. The standard InChI is InChI=1S/C31H40N6O9S2/c1-30(2)22(28(43)44)34-18(47-30)13-33-25(41)20(15-7-11-17(39)12-8-15)35-26(42)21(27-37-23(29(45)46)31(3,4)48-27)36-24(40)19(32)14-5-9-16(38)10-6-14/h5-12,18-23,27,34,37-39H,13,32H2,1-4H3,(H,33,41)(H,35,42)(H,36,40)(H,43,44)(H,45,46)/t18-,19+,20+,21+,22-,23-,27-/m0/s1. The first-order chi connectivity index (χ1) is 22.4. The monoisotopic (exact) mass is 704 g/mol. The molecule has 0 radical (unpaired) electrons. The Balaban J connectivity index is 1.59. The largest absolute Gasteiger partial charge is 0.508 e. The van der Waals surface area contributed by atoms with Crippen LogP contribution in [0.25, 0.3) is 0 Å². The van der Waals surface area contributed by atoms with Crippen molar-refractivity contribution in [1.82, 2.24) is 26.6 Å². The molecule has 48 heavy (non-hydrogen) atoms. The molecular formula is C31H40N6O9S2. The van der Waals surface area contributed by atoms with Crippen LogP contribution >= 0.6 is 23.5 Å². The van der Waals surface area contributed by atoms with Crippen molar-refractivity contribution in [1.29, 1.82) is 0 Å². The first kappa shape index (κ1) is 36.8. The zero-order valence-corrected chi connectivity index (χ0v) is 28.2. The van der Waals surface area contributed by atoms with Gasteiger partial charge in [-0.05, 0) is 63.1 Å². The van der Waals surface area contributed by atoms with E-state index in [0.29, 0.717) is 5.56 Å². The van der Waals surface area contributed by atoms with Gasteiger partial charge in [-0.25, -0.2) is 0 Å². The molecule has 2 aliphatic rings. The third-order valence-corrected chi connectivity index (χ3v) is 11.0. The molecule has 0 spiro atoms. The van der Waals surface area contributed by atoms with E-state index >= 15 is 0 Å². The van der Waals surface area contributed by atoms with E-state index < -0.39 is 80.1 Å². The first-order valence-corrected chi connectivity index (χ1v) is 16.7. The van der Waals surface area contributed by atoms with E-state index in [1.165, 1.54) is 60.3 Å². The molecule has 0 aromatic heterocycles. The highest BCUT2D eigenvalue weighted by Gasteiger charge is 2.50. The third kappa shape index (κ3) is 8.51. The Hall–Kier alpha value is -4.03. The van der Waals surface area contributed by atoms with Crippen molar-refractivity contribution in [3.8, 4) is 11.5 Å². The van der Waals surface area contributed by atoms with Crippen molar-refractivity contribution in [3.63, 3.8) is 0 Å². The first-order valence-electron chi connectivity index (χ1n) is 14.9. The Morgan fingerprint density at radius 2 is 1.25 bits per heavy atom. The van der Waals surface area contributed by atoms with E-state index in [1.807, 2.05) is 0 Å². The van der Waals surface area contributed by atoms with Crippen LogP contribution in [0, 0.1) is 0 Å². The Morgan fingerprint density at radius 3 is 1.75 bits per heavy atom. The summed E-state index contributed by atoms with van der Waals surface area (Å²) in [7, 11) is 0. The number of thioether (sulfide) groups is 2. The summed E-state index contributed by atoms with van der Waals surface area (Å²) in [6.07, 6.45) is 0. The van der Waals surface area contributed by atoms with Crippen molar-refractivity contribution < 1.29 is 44.4 Å². The van der Waals surface area contributed by atoms with Crippen LogP contribution in [0.1, 0.15) is 50.9 Å². The van der Waals surface area contributed by atoms with Gasteiger partial charge in [0.05, 0.1) is 10.7 Å². The molecule has 0 saturated carbocycles. The van der Waals surface area contributed by atoms with Gasteiger partial charge in [-0.3, -0.25) is 34.6 Å². The average Bonchev–Trinajstić information content (AvgIpc) is 3.51. The van der Waals surface area contributed by atoms with E-state index in [4.69, 9.17) is 5.73 Å². The maximum absolute atomic E-state index is 14.1. The number of nitrogens with two attached hydrogens (primary N) is 1. The third-order valence-electron chi connectivity index (χ3n) is 8.10. The van der Waals surface area contributed by atoms with Gasteiger partial charge in [0, 0.05) is 16.0 Å². The minimum Gasteiger partial charge on any atom is -0.508 e. The number of carbonyl (C=O) groups excluding carboxylic acids is 3. The average molecular weight is 705 g/mol. The van der Waals surface area contributed by atoms with Crippen LogP contribution in [0.5, 0.6) is 11.5 Å². The Bertz CT molecular complexity index is 1540. The van der Waals surface area contributed by atoms with Gasteiger partial charge in [0.2, 0.25) is 17.7 Å². The SMILES string of the molecule is CC1(C)S[C@@H](CNC(=O)[C@H](NC(=O)[C@@H](NC(=O)[C@H](N)c2ccc(O)cc2)[C@H]2N[C@@H](C(=O)O)C(C)(C)S2)c2ccc(O)cc2)N[C@H]1C(=O)O. The number of carboxylic acid groups (broad SMARTS) is 2. The molecule has 3 amide bonds. The second-order valence-electron chi connectivity index (χ2n) is 12.6. The lowest BCUT2D eigenvalue weighted by atomic mass is 10.0. The van der Waals surface area contributed by atoms with Crippen LogP contribution in [0.3, 0.4) is 0 Å². The summed E-state index contributed by atoms with van der Waals surface area (Å²) in [5.74, 6) is -4.57. The van der Waals surface area contributed by atoms with Crippen LogP contribution < -0.4 is 32.3 Å². The maximum Gasteiger partial charge on any atom is 0.322 e. The number of hydrogen-bond acceptors (Lipinski definition) is 12. The van der Waals surface area contributed by atoms with Crippen LogP contribution in [-0.2, 0) is 24.0 Å². The molecule has 2 aliphatic heterocycles. The van der Waals surface area contributed by atoms with Crippen molar-refractivity contribution in [2.45, 2.75) is 78.1 Å². The molecule has 2 aromatic carbocycles. The number of phenolic OH excluding ortho intramolecular Hbond substituents is 2. The van der Waals surface area contributed by atoms with Crippen LogP contribution in [0.4, 0.5) is 0 Å². The number of phenols is 2. The number of nitrogens with one attached hydrogen (secondary N) is 5. The van der Waals surface area contributed by atoms with Crippen LogP contribution in [0.2, 0.25) is 0 Å². The molecule has 0 unspecified atom stereocenters. The minimum atomic E-state index is -1.43. The van der Waals surface area contributed by atoms with E-state index in [1.54, 1.807) is 27.7 Å². The summed E-state index contributed by atoms with van der Waals surface area (Å²) in [4.78, 5) is 64.9. The number of aromatic hydroxyl groups is 2. The molecule has 0 bridgehead atoms. The highest BCUT2D eigenvalue weighted by Crippen LogP contribution is 2.40. The van der Waals surface area contributed by atoms with E-state index in [2.05, 4.69) is 26.6 Å². The zero-order valence-electron chi connectivity index (χ0n) is 26.6. The van der Waals surface area contributed by atoms with Crippen molar-refractivity contribution >= 4 is 53.2 Å². The van der Waals surface area contributed by atoms with Gasteiger partial charge >= 0.3 is 11.9 Å². The molecule has 7 atom stereocenters. The highest BCUT2D eigenvalue weighted by molar-refractivity contribution is 8.01. The second-order valence-corrected chi connectivity index (χ2v) is 16.2. The minimum absolute atomic E-state index is 0.0112. The lowest BCUT2D eigenvalue weighted by molar-refractivity contribution is -0.141. The quantitative estimate of drug-likeness (QED) is 0.143.